The molecule has 5 rings (SSSR count). The first-order chi connectivity index (χ1) is 27.8. The van der Waals surface area contributed by atoms with E-state index in [1.807, 2.05) is 20.8 Å². The lowest BCUT2D eigenvalue weighted by molar-refractivity contribution is -0.142. The smallest absolute Gasteiger partial charge is 0.417 e. The van der Waals surface area contributed by atoms with Gasteiger partial charge in [-0.25, -0.2) is 27.3 Å². The van der Waals surface area contributed by atoms with Gasteiger partial charge in [0.25, 0.3) is 0 Å². The van der Waals surface area contributed by atoms with E-state index in [1.54, 1.807) is 49.4 Å². The van der Waals surface area contributed by atoms with Crippen molar-refractivity contribution in [2.45, 2.75) is 109 Å². The van der Waals surface area contributed by atoms with Crippen LogP contribution >= 0.6 is 22.9 Å². The molecule has 1 atom stereocenters. The average Bonchev–Trinajstić information content (AvgIpc) is 3.80. The third-order valence-electron chi connectivity index (χ3n) is 9.35. The number of halogens is 6. The summed E-state index contributed by atoms with van der Waals surface area (Å²) in [6, 6.07) is 0.00640. The summed E-state index contributed by atoms with van der Waals surface area (Å²) in [5.74, 6) is -1.93. The summed E-state index contributed by atoms with van der Waals surface area (Å²) in [6.45, 7) is 6.10. The third-order valence-corrected chi connectivity index (χ3v) is 12.2. The van der Waals surface area contributed by atoms with E-state index in [-0.39, 0.29) is 36.0 Å². The maximum Gasteiger partial charge on any atom is 0.435 e. The third kappa shape index (κ3) is 12.5. The Balaban J connectivity index is 0.000000247. The first-order valence-electron chi connectivity index (χ1n) is 18.6. The second-order valence-corrected chi connectivity index (χ2v) is 18.4. The zero-order chi connectivity index (χ0) is 45.5. The van der Waals surface area contributed by atoms with Gasteiger partial charge in [-0.05, 0) is 58.4 Å². The molecule has 3 aromatic rings. The monoisotopic (exact) mass is 918 g/mol. The van der Waals surface area contributed by atoms with Gasteiger partial charge >= 0.3 is 24.2 Å². The van der Waals surface area contributed by atoms with Gasteiger partial charge in [0.05, 0.1) is 29.7 Å². The standard InChI is InChI=1S/C12H18ClNO2S.C12H14F5N3O4S.C12H20N4O2/c1-8-7-17-10(3)12(8)14(11(15)5-13)9(2)6-16-4;1-11(2)4-7(19-24-11)25(21,22)5-6-8(12(15,16)17)18-20(3)9(6)23-10(13)14;1-14(2)10-13-11(17)16(12(18)15(10)3)9-7-5-4-6-8-9/h7,9H,5-6H2,1-4H3;10H,4-5H2,1-3H3;9H,4-8H2,1-3H3. The zero-order valence-corrected chi connectivity index (χ0v) is 37.5. The van der Waals surface area contributed by atoms with E-state index in [9.17, 15) is 44.8 Å². The number of aromatic nitrogens is 5. The lowest BCUT2D eigenvalue weighted by atomic mass is 9.95. The molecule has 3 aromatic heterocycles. The van der Waals surface area contributed by atoms with Crippen LogP contribution in [-0.2, 0) is 50.2 Å². The molecule has 1 aliphatic carbocycles. The molecule has 2 aliphatic rings. The summed E-state index contributed by atoms with van der Waals surface area (Å²) in [4.78, 5) is 49.7. The highest BCUT2D eigenvalue weighted by atomic mass is 35.5. The van der Waals surface area contributed by atoms with Crippen LogP contribution < -0.4 is 25.9 Å². The molecule has 0 radical (unpaired) electrons. The number of oxime groups is 1. The summed E-state index contributed by atoms with van der Waals surface area (Å²) < 4.78 is 101. The van der Waals surface area contributed by atoms with Gasteiger partial charge in [-0.1, -0.05) is 24.4 Å². The summed E-state index contributed by atoms with van der Waals surface area (Å²) in [7, 11) is 3.40. The van der Waals surface area contributed by atoms with Crippen molar-refractivity contribution in [2.75, 3.05) is 43.5 Å². The van der Waals surface area contributed by atoms with Crippen LogP contribution in [0.5, 0.6) is 5.88 Å². The fourth-order valence-corrected chi connectivity index (χ4v) is 9.17. The Morgan fingerprint density at radius 2 is 1.75 bits per heavy atom. The quantitative estimate of drug-likeness (QED) is 0.164. The van der Waals surface area contributed by atoms with E-state index in [0.29, 0.717) is 17.2 Å². The van der Waals surface area contributed by atoms with Crippen molar-refractivity contribution in [1.82, 2.24) is 23.9 Å². The average molecular weight is 919 g/mol. The molecule has 1 unspecified atom stereocenters. The first-order valence-corrected chi connectivity index (χ1v) is 21.7. The SMILES string of the molecule is CN(C)c1nc(=O)n(C2CCCCC2)c(=O)n1C.COCC(C)N(C(=O)CCl)c1c(C)csc1C.Cn1nc(C(F)(F)F)c(CS(=O)(=O)C2=NOC(C)(C)C2)c1OC(F)F. The van der Waals surface area contributed by atoms with E-state index in [0.717, 1.165) is 48.9 Å². The number of rotatable bonds is 11. The van der Waals surface area contributed by atoms with Crippen molar-refractivity contribution in [2.24, 2.45) is 19.3 Å². The van der Waals surface area contributed by atoms with E-state index in [4.69, 9.17) is 21.2 Å². The van der Waals surface area contributed by atoms with Gasteiger partial charge < -0.3 is 24.1 Å². The van der Waals surface area contributed by atoms with E-state index in [1.165, 1.54) is 29.4 Å². The van der Waals surface area contributed by atoms with E-state index >= 15 is 0 Å². The van der Waals surface area contributed by atoms with Crippen molar-refractivity contribution in [3.05, 3.63) is 48.0 Å². The Morgan fingerprint density at radius 3 is 2.22 bits per heavy atom. The molecular weight excluding hydrogens is 867 g/mol. The fraction of sp³-hybridized carbons (Fsp3) is 0.667. The largest absolute Gasteiger partial charge is 0.435 e. The molecule has 0 bridgehead atoms. The number of hydrogen-bond donors (Lipinski definition) is 0. The minimum atomic E-state index is -5.06. The van der Waals surface area contributed by atoms with Gasteiger partial charge in [-0.3, -0.25) is 9.36 Å². The molecule has 1 saturated carbocycles. The number of sulfone groups is 1. The number of hydrogen-bond acceptors (Lipinski definition) is 13. The Bertz CT molecular complexity index is 2200. The highest BCUT2D eigenvalue weighted by Crippen LogP contribution is 2.38. The minimum absolute atomic E-state index is 0.0111. The maximum absolute atomic E-state index is 13.1. The molecule has 0 spiro atoms. The number of methoxy groups -OCH3 is 1. The molecule has 338 valence electrons. The molecule has 60 heavy (non-hydrogen) atoms. The first kappa shape index (κ1) is 50.3. The van der Waals surface area contributed by atoms with Gasteiger partial charge in [0.1, 0.15) is 11.5 Å². The zero-order valence-electron chi connectivity index (χ0n) is 35.1. The van der Waals surface area contributed by atoms with Crippen LogP contribution in [0.4, 0.5) is 33.6 Å². The summed E-state index contributed by atoms with van der Waals surface area (Å²) in [5.41, 5.74) is -2.17. The van der Waals surface area contributed by atoms with Crippen LogP contribution in [0.25, 0.3) is 0 Å². The molecule has 24 heteroatoms. The Kier molecular flexibility index (Phi) is 17.3. The maximum atomic E-state index is 13.1. The van der Waals surface area contributed by atoms with Crippen LogP contribution in [0.3, 0.4) is 0 Å². The number of carbonyl (C=O) groups excluding carboxylic acids is 1. The predicted octanol–water partition coefficient (Wildman–Crippen LogP) is 5.95. The van der Waals surface area contributed by atoms with Gasteiger partial charge in [-0.2, -0.15) is 32.0 Å². The highest BCUT2D eigenvalue weighted by molar-refractivity contribution is 8.05. The number of amides is 1. The fourth-order valence-electron chi connectivity index (χ4n) is 6.68. The Morgan fingerprint density at radius 1 is 1.13 bits per heavy atom. The van der Waals surface area contributed by atoms with Crippen LogP contribution in [0.2, 0.25) is 0 Å². The molecule has 0 saturated heterocycles. The van der Waals surface area contributed by atoms with Crippen LogP contribution in [0, 0.1) is 13.8 Å². The number of anilines is 2. The Hall–Kier alpha value is -4.09. The van der Waals surface area contributed by atoms with Crippen LogP contribution in [0.1, 0.15) is 87.0 Å². The number of ether oxygens (including phenoxy) is 2. The lowest BCUT2D eigenvalue weighted by Crippen LogP contribution is -2.45. The predicted molar refractivity (Wildman–Crippen MR) is 218 cm³/mol. The van der Waals surface area contributed by atoms with Crippen molar-refractivity contribution < 1.29 is 49.5 Å². The van der Waals surface area contributed by atoms with E-state index in [2.05, 4.69) is 25.4 Å². The minimum Gasteiger partial charge on any atom is -0.417 e. The molecule has 1 amide bonds. The van der Waals surface area contributed by atoms with Gasteiger partial charge in [0.15, 0.2) is 20.6 Å². The van der Waals surface area contributed by atoms with Crippen molar-refractivity contribution in [1.29, 1.82) is 0 Å². The van der Waals surface area contributed by atoms with Crippen molar-refractivity contribution in [3.63, 3.8) is 0 Å². The number of carbonyl (C=O) groups is 1. The molecule has 4 heterocycles. The lowest BCUT2D eigenvalue weighted by Gasteiger charge is -2.29. The Labute approximate surface area is 353 Å². The van der Waals surface area contributed by atoms with Crippen molar-refractivity contribution in [3.8, 4) is 5.88 Å². The van der Waals surface area contributed by atoms with Gasteiger partial charge in [0, 0.05) is 52.6 Å². The topological polar surface area (TPSA) is 172 Å². The van der Waals surface area contributed by atoms with Gasteiger partial charge in [-0.15, -0.1) is 22.9 Å². The summed E-state index contributed by atoms with van der Waals surface area (Å²) in [5, 5.41) is 8.03. The molecule has 0 aromatic carbocycles. The normalized spacial score (nSPS) is 15.9. The van der Waals surface area contributed by atoms with Crippen LogP contribution in [0.15, 0.2) is 20.1 Å². The molecule has 1 fully saturated rings. The summed E-state index contributed by atoms with van der Waals surface area (Å²) >= 11 is 7.33. The number of aryl methyl sites for hydroxylation is 3. The number of nitrogens with zero attached hydrogens (tertiary/aromatic N) is 8. The number of alkyl halides is 6. The van der Waals surface area contributed by atoms with E-state index < -0.39 is 61.8 Å². The second kappa shape index (κ2) is 20.6. The molecular formula is C36H52ClF5N8O8S2. The highest BCUT2D eigenvalue weighted by Gasteiger charge is 2.43. The molecule has 16 nitrogen and oxygen atoms in total. The number of thiophene rings is 1. The second-order valence-electron chi connectivity index (χ2n) is 15.0. The van der Waals surface area contributed by atoms with Crippen molar-refractivity contribution >= 4 is 55.4 Å². The van der Waals surface area contributed by atoms with Crippen LogP contribution in [-0.4, -0.2) is 95.2 Å². The molecule has 0 N–H and O–H groups in total. The van der Waals surface area contributed by atoms with Gasteiger partial charge in [0.2, 0.25) is 17.7 Å². The molecule has 1 aliphatic heterocycles. The summed E-state index contributed by atoms with van der Waals surface area (Å²) in [6.07, 6.45) is -0.0714.